The smallest absolute Gasteiger partial charge is 0.417 e. The molecule has 0 aliphatic rings. The van der Waals surface area contributed by atoms with Crippen molar-refractivity contribution >= 4 is 16.7 Å². The van der Waals surface area contributed by atoms with Crippen LogP contribution in [0.3, 0.4) is 0 Å². The number of hydrogen-bond acceptors (Lipinski definition) is 3. The van der Waals surface area contributed by atoms with Crippen molar-refractivity contribution in [2.75, 3.05) is 0 Å². The maximum atomic E-state index is 12.8. The number of aromatic amines is 1. The van der Waals surface area contributed by atoms with Gasteiger partial charge in [0.1, 0.15) is 5.52 Å². The van der Waals surface area contributed by atoms with Crippen LogP contribution in [0.2, 0.25) is 0 Å². The number of hydrogen-bond donors (Lipinski definition) is 2. The van der Waals surface area contributed by atoms with E-state index in [-0.39, 0.29) is 12.1 Å². The molecule has 1 heterocycles. The summed E-state index contributed by atoms with van der Waals surface area (Å²) in [6.07, 6.45) is -10.3. The van der Waals surface area contributed by atoms with E-state index in [1.807, 2.05) is 0 Å². The van der Waals surface area contributed by atoms with Crippen LogP contribution in [0.5, 0.6) is 5.75 Å². The fourth-order valence-corrected chi connectivity index (χ4v) is 1.82. The maximum absolute atomic E-state index is 12.8. The Labute approximate surface area is 110 Å². The Kier molecular flexibility index (Phi) is 3.03. The van der Waals surface area contributed by atoms with E-state index in [4.69, 9.17) is 0 Å². The first-order valence-electron chi connectivity index (χ1n) is 5.10. The second kappa shape index (κ2) is 4.27. The lowest BCUT2D eigenvalue weighted by atomic mass is 10.0. The lowest BCUT2D eigenvalue weighted by molar-refractivity contribution is -0.389. The zero-order chi connectivity index (χ0) is 16.2. The molecule has 2 N–H and O–H groups in total. The van der Waals surface area contributed by atoms with Crippen molar-refractivity contribution in [1.29, 1.82) is 0 Å². The number of nitrogens with zero attached hydrogens (tertiary/aromatic N) is 1. The average molecular weight is 314 g/mol. The third-order valence-electron chi connectivity index (χ3n) is 2.67. The van der Waals surface area contributed by atoms with E-state index in [1.54, 1.807) is 4.98 Å². The number of fused-ring (bicyclic) bond motifs is 1. The van der Waals surface area contributed by atoms with Gasteiger partial charge in [-0.25, -0.2) is 4.98 Å². The van der Waals surface area contributed by atoms with Crippen LogP contribution < -0.4 is 0 Å². The van der Waals surface area contributed by atoms with Gasteiger partial charge in [0.15, 0.2) is 0 Å². The van der Waals surface area contributed by atoms with Gasteiger partial charge in [0, 0.05) is 0 Å². The van der Waals surface area contributed by atoms with E-state index in [1.165, 1.54) is 0 Å². The lowest BCUT2D eigenvalue weighted by Crippen LogP contribution is -2.11. The molecular weight excluding hydrogens is 310 g/mol. The van der Waals surface area contributed by atoms with E-state index in [0.29, 0.717) is 0 Å². The molecule has 1 aromatic carbocycles. The third kappa shape index (κ3) is 2.45. The molecular formula is C10H4F6N2O3. The first-order valence-corrected chi connectivity index (χ1v) is 5.10. The van der Waals surface area contributed by atoms with Gasteiger partial charge in [-0.1, -0.05) is 0 Å². The summed E-state index contributed by atoms with van der Waals surface area (Å²) >= 11 is 0. The Morgan fingerprint density at radius 2 is 1.67 bits per heavy atom. The van der Waals surface area contributed by atoms with Gasteiger partial charge in [-0.05, 0) is 17.1 Å². The van der Waals surface area contributed by atoms with E-state index < -0.39 is 50.9 Å². The highest BCUT2D eigenvalue weighted by atomic mass is 19.4. The number of aromatic hydroxyl groups is 1. The zero-order valence-electron chi connectivity index (χ0n) is 9.63. The van der Waals surface area contributed by atoms with Crippen LogP contribution >= 0.6 is 0 Å². The molecule has 0 amide bonds. The van der Waals surface area contributed by atoms with Crippen molar-refractivity contribution in [3.8, 4) is 5.75 Å². The molecule has 0 atom stereocenters. The molecule has 0 bridgehead atoms. The number of H-pyrrole nitrogens is 1. The largest absolute Gasteiger partial charge is 0.501 e. The molecule has 2 rings (SSSR count). The molecule has 0 saturated heterocycles. The second-order valence-corrected chi connectivity index (χ2v) is 4.02. The monoisotopic (exact) mass is 314 g/mol. The van der Waals surface area contributed by atoms with Crippen LogP contribution in [-0.2, 0) is 12.4 Å². The van der Waals surface area contributed by atoms with Crippen molar-refractivity contribution in [1.82, 2.24) is 4.98 Å². The summed E-state index contributed by atoms with van der Waals surface area (Å²) in [6, 6.07) is 0.0525. The highest BCUT2D eigenvalue weighted by Gasteiger charge is 2.41. The average Bonchev–Trinajstić information content (AvgIpc) is 2.63. The van der Waals surface area contributed by atoms with Crippen molar-refractivity contribution in [2.24, 2.45) is 0 Å². The van der Waals surface area contributed by atoms with Gasteiger partial charge in [-0.2, -0.15) is 26.3 Å². The highest BCUT2D eigenvalue weighted by molar-refractivity contribution is 5.94. The summed E-state index contributed by atoms with van der Waals surface area (Å²) in [5, 5.41) is 18.9. The molecule has 0 aliphatic heterocycles. The van der Waals surface area contributed by atoms with Crippen molar-refractivity contribution in [3.05, 3.63) is 33.4 Å². The number of alkyl halides is 6. The molecule has 1 aromatic heterocycles. The molecule has 11 heteroatoms. The molecule has 0 aliphatic carbocycles. The quantitative estimate of drug-likeness (QED) is 0.477. The third-order valence-corrected chi connectivity index (χ3v) is 2.67. The van der Waals surface area contributed by atoms with Crippen LogP contribution in [0.1, 0.15) is 11.1 Å². The zero-order valence-corrected chi connectivity index (χ0v) is 9.63. The molecule has 21 heavy (non-hydrogen) atoms. The van der Waals surface area contributed by atoms with E-state index in [2.05, 4.69) is 0 Å². The van der Waals surface area contributed by atoms with E-state index >= 15 is 0 Å². The van der Waals surface area contributed by atoms with Crippen LogP contribution in [-0.4, -0.2) is 15.0 Å². The molecule has 0 fully saturated rings. The van der Waals surface area contributed by atoms with Gasteiger partial charge in [0.05, 0.1) is 16.5 Å². The van der Waals surface area contributed by atoms with Gasteiger partial charge in [-0.3, -0.25) is 0 Å². The predicted molar refractivity (Wildman–Crippen MR) is 56.6 cm³/mol. The topological polar surface area (TPSA) is 79.2 Å². The SMILES string of the molecule is O=[N+]([O-])c1[nH]c2cc(C(F)(F)F)cc(C(F)(F)F)c2c1O. The summed E-state index contributed by atoms with van der Waals surface area (Å²) in [7, 11) is 0. The molecule has 5 nitrogen and oxygen atoms in total. The minimum Gasteiger partial charge on any atom is -0.501 e. The fourth-order valence-electron chi connectivity index (χ4n) is 1.82. The Balaban J connectivity index is 2.92. The molecule has 114 valence electrons. The molecule has 0 unspecified atom stereocenters. The first-order chi connectivity index (χ1) is 9.43. The summed E-state index contributed by atoms with van der Waals surface area (Å²) in [5.41, 5.74) is -4.28. The van der Waals surface area contributed by atoms with Gasteiger partial charge in [-0.15, -0.1) is 0 Å². The number of halogens is 6. The lowest BCUT2D eigenvalue weighted by Gasteiger charge is -2.12. The minimum atomic E-state index is -5.23. The van der Waals surface area contributed by atoms with Crippen LogP contribution in [0.25, 0.3) is 10.9 Å². The van der Waals surface area contributed by atoms with Crippen LogP contribution in [0, 0.1) is 10.1 Å². The number of benzene rings is 1. The van der Waals surface area contributed by atoms with E-state index in [0.717, 1.165) is 0 Å². The van der Waals surface area contributed by atoms with Crippen LogP contribution in [0.15, 0.2) is 12.1 Å². The molecule has 0 saturated carbocycles. The fraction of sp³-hybridized carbons (Fsp3) is 0.200. The maximum Gasteiger partial charge on any atom is 0.417 e. The Morgan fingerprint density at radius 1 is 1.10 bits per heavy atom. The van der Waals surface area contributed by atoms with Crippen molar-refractivity contribution in [3.63, 3.8) is 0 Å². The van der Waals surface area contributed by atoms with E-state index in [9.17, 15) is 41.6 Å². The predicted octanol–water partition coefficient (Wildman–Crippen LogP) is 3.82. The van der Waals surface area contributed by atoms with Gasteiger partial charge in [0.2, 0.25) is 5.75 Å². The van der Waals surface area contributed by atoms with Gasteiger partial charge >= 0.3 is 18.2 Å². The standard InChI is InChI=1S/C10H4F6N2O3/c11-9(12,13)3-1-4(10(14,15)16)6-5(2-3)17-8(7(6)19)18(20)21/h1-2,17,19H. The number of rotatable bonds is 1. The number of aromatic nitrogens is 1. The Bertz CT molecular complexity index is 731. The minimum absolute atomic E-state index is 0.209. The summed E-state index contributed by atoms with van der Waals surface area (Å²) in [6.45, 7) is 0. The van der Waals surface area contributed by atoms with Gasteiger partial charge in [0.25, 0.3) is 0 Å². The number of nitrogens with one attached hydrogen (secondary N) is 1. The highest BCUT2D eigenvalue weighted by Crippen LogP contribution is 2.45. The molecule has 2 aromatic rings. The van der Waals surface area contributed by atoms with Crippen molar-refractivity contribution < 1.29 is 36.4 Å². The van der Waals surface area contributed by atoms with Gasteiger partial charge < -0.3 is 15.2 Å². The normalized spacial score (nSPS) is 12.9. The summed E-state index contributed by atoms with van der Waals surface area (Å²) in [5.74, 6) is -2.58. The van der Waals surface area contributed by atoms with Crippen LogP contribution in [0.4, 0.5) is 32.2 Å². The summed E-state index contributed by atoms with van der Waals surface area (Å²) in [4.78, 5) is 11.1. The second-order valence-electron chi connectivity index (χ2n) is 4.02. The van der Waals surface area contributed by atoms with Crippen molar-refractivity contribution in [2.45, 2.75) is 12.4 Å². The summed E-state index contributed by atoms with van der Waals surface area (Å²) < 4.78 is 76.2. The first kappa shape index (κ1) is 14.9. The molecule has 0 radical (unpaired) electrons. The Morgan fingerprint density at radius 3 is 2.10 bits per heavy atom. The number of nitro groups is 1. The molecule has 0 spiro atoms. The Hall–Kier alpha value is -2.46.